The number of ether oxygens (including phenoxy) is 1. The van der Waals surface area contributed by atoms with Crippen LogP contribution in [0.2, 0.25) is 0 Å². The second kappa shape index (κ2) is 4.53. The summed E-state index contributed by atoms with van der Waals surface area (Å²) in [6.45, 7) is 3.32. The molecule has 0 N–H and O–H groups in total. The van der Waals surface area contributed by atoms with E-state index >= 15 is 0 Å². The molecule has 1 amide bonds. The Balaban J connectivity index is 2.02. The Bertz CT molecular complexity index is 652. The maximum Gasteiger partial charge on any atom is 0.409 e. The third kappa shape index (κ3) is 2.14. The maximum absolute atomic E-state index is 11.6. The van der Waals surface area contributed by atoms with Gasteiger partial charge in [0, 0.05) is 24.0 Å². The van der Waals surface area contributed by atoms with Crippen LogP contribution >= 0.6 is 0 Å². The number of nitrogens with zero attached hydrogens (tertiary/aromatic N) is 2. The second-order valence-electron chi connectivity index (χ2n) is 4.93. The number of methoxy groups -OCH3 is 1. The summed E-state index contributed by atoms with van der Waals surface area (Å²) in [5.74, 6) is 0. The summed E-state index contributed by atoms with van der Waals surface area (Å²) in [4.78, 5) is 18.0. The highest BCUT2D eigenvalue weighted by atomic mass is 16.5. The Morgan fingerprint density at radius 2 is 2.21 bits per heavy atom. The maximum atomic E-state index is 11.6. The number of amides is 1. The number of carbonyl (C=O) groups is 1. The zero-order valence-corrected chi connectivity index (χ0v) is 11.1. The predicted molar refractivity (Wildman–Crippen MR) is 73.0 cm³/mol. The molecular weight excluding hydrogens is 240 g/mol. The molecule has 98 valence electrons. The van der Waals surface area contributed by atoms with Gasteiger partial charge < -0.3 is 9.64 Å². The van der Waals surface area contributed by atoms with Gasteiger partial charge in [-0.2, -0.15) is 0 Å². The summed E-state index contributed by atoms with van der Waals surface area (Å²) < 4.78 is 4.78. The van der Waals surface area contributed by atoms with Crippen LogP contribution in [0.5, 0.6) is 0 Å². The van der Waals surface area contributed by atoms with E-state index in [2.05, 4.69) is 31.2 Å². The third-order valence-electron chi connectivity index (χ3n) is 3.55. The van der Waals surface area contributed by atoms with Crippen LogP contribution in [0.3, 0.4) is 0 Å². The van der Waals surface area contributed by atoms with Crippen LogP contribution in [0.4, 0.5) is 4.79 Å². The molecule has 1 aliphatic heterocycles. The lowest BCUT2D eigenvalue weighted by Crippen LogP contribution is -2.36. The molecule has 0 unspecified atom stereocenters. The summed E-state index contributed by atoms with van der Waals surface area (Å²) >= 11 is 0. The van der Waals surface area contributed by atoms with Crippen molar-refractivity contribution in [3.63, 3.8) is 0 Å². The molecule has 19 heavy (non-hydrogen) atoms. The number of aromatic nitrogens is 1. The number of pyridine rings is 1. The van der Waals surface area contributed by atoms with Crippen molar-refractivity contribution in [3.05, 3.63) is 41.1 Å². The number of aryl methyl sites for hydroxylation is 1. The van der Waals surface area contributed by atoms with Crippen molar-refractivity contribution in [1.29, 1.82) is 0 Å². The van der Waals surface area contributed by atoms with Crippen molar-refractivity contribution < 1.29 is 9.53 Å². The summed E-state index contributed by atoms with van der Waals surface area (Å²) in [6.07, 6.45) is 0.517. The first kappa shape index (κ1) is 12.0. The Kier molecular flexibility index (Phi) is 2.85. The van der Waals surface area contributed by atoms with E-state index in [1.807, 2.05) is 0 Å². The van der Waals surface area contributed by atoms with E-state index in [9.17, 15) is 4.79 Å². The van der Waals surface area contributed by atoms with Gasteiger partial charge in [0.2, 0.25) is 0 Å². The third-order valence-corrected chi connectivity index (χ3v) is 3.55. The first-order valence-corrected chi connectivity index (χ1v) is 6.39. The highest BCUT2D eigenvalue weighted by Gasteiger charge is 2.22. The van der Waals surface area contributed by atoms with Gasteiger partial charge in [-0.25, -0.2) is 4.79 Å². The minimum Gasteiger partial charge on any atom is -0.453 e. The SMILES string of the molecule is COC(=O)N1CCc2nc3ccc(C)cc3cc2C1. The molecular formula is C15H16N2O2. The van der Waals surface area contributed by atoms with E-state index in [0.29, 0.717) is 13.1 Å². The minimum atomic E-state index is -0.269. The van der Waals surface area contributed by atoms with Crippen LogP contribution in [0, 0.1) is 6.92 Å². The average Bonchev–Trinajstić information content (AvgIpc) is 2.43. The largest absolute Gasteiger partial charge is 0.453 e. The zero-order valence-electron chi connectivity index (χ0n) is 11.1. The molecule has 0 atom stereocenters. The Morgan fingerprint density at radius 3 is 3.00 bits per heavy atom. The van der Waals surface area contributed by atoms with Gasteiger partial charge >= 0.3 is 6.09 Å². The van der Waals surface area contributed by atoms with E-state index in [-0.39, 0.29) is 6.09 Å². The Hall–Kier alpha value is -2.10. The van der Waals surface area contributed by atoms with E-state index in [4.69, 9.17) is 9.72 Å². The fourth-order valence-electron chi connectivity index (χ4n) is 2.54. The van der Waals surface area contributed by atoms with Gasteiger partial charge in [0.05, 0.1) is 19.2 Å². The Morgan fingerprint density at radius 1 is 1.37 bits per heavy atom. The second-order valence-corrected chi connectivity index (χ2v) is 4.93. The predicted octanol–water partition coefficient (Wildman–Crippen LogP) is 2.67. The molecule has 2 aromatic rings. The van der Waals surface area contributed by atoms with Crippen LogP contribution in [-0.2, 0) is 17.7 Å². The number of carbonyl (C=O) groups excluding carboxylic acids is 1. The molecule has 0 radical (unpaired) electrons. The molecule has 2 heterocycles. The molecule has 0 spiro atoms. The molecule has 4 nitrogen and oxygen atoms in total. The molecule has 3 rings (SSSR count). The Labute approximate surface area is 112 Å². The molecule has 4 heteroatoms. The van der Waals surface area contributed by atoms with Gasteiger partial charge in [-0.15, -0.1) is 0 Å². The van der Waals surface area contributed by atoms with Crippen molar-refractivity contribution >= 4 is 17.0 Å². The number of benzene rings is 1. The topological polar surface area (TPSA) is 42.4 Å². The lowest BCUT2D eigenvalue weighted by Gasteiger charge is -2.27. The van der Waals surface area contributed by atoms with Crippen LogP contribution in [0.1, 0.15) is 16.8 Å². The van der Waals surface area contributed by atoms with Gasteiger partial charge in [0.25, 0.3) is 0 Å². The smallest absolute Gasteiger partial charge is 0.409 e. The summed E-state index contributed by atoms with van der Waals surface area (Å²) in [5.41, 5.74) is 4.46. The normalized spacial score (nSPS) is 14.3. The molecule has 1 aromatic carbocycles. The highest BCUT2D eigenvalue weighted by Crippen LogP contribution is 2.23. The van der Waals surface area contributed by atoms with Gasteiger partial charge in [-0.3, -0.25) is 4.98 Å². The number of hydrogen-bond donors (Lipinski definition) is 0. The number of rotatable bonds is 0. The summed E-state index contributed by atoms with van der Waals surface area (Å²) in [6, 6.07) is 8.39. The molecule has 0 bridgehead atoms. The molecule has 0 fully saturated rings. The van der Waals surface area contributed by atoms with Crippen molar-refractivity contribution in [2.24, 2.45) is 0 Å². The van der Waals surface area contributed by atoms with Crippen LogP contribution in [0.15, 0.2) is 24.3 Å². The lowest BCUT2D eigenvalue weighted by atomic mass is 10.0. The van der Waals surface area contributed by atoms with E-state index < -0.39 is 0 Å². The average molecular weight is 256 g/mol. The minimum absolute atomic E-state index is 0.269. The van der Waals surface area contributed by atoms with Crippen molar-refractivity contribution in [1.82, 2.24) is 9.88 Å². The van der Waals surface area contributed by atoms with E-state index in [1.54, 1.807) is 4.90 Å². The molecule has 1 aromatic heterocycles. The van der Waals surface area contributed by atoms with Crippen LogP contribution in [0.25, 0.3) is 10.9 Å². The van der Waals surface area contributed by atoms with Crippen molar-refractivity contribution in [2.75, 3.05) is 13.7 Å². The highest BCUT2D eigenvalue weighted by molar-refractivity contribution is 5.80. The van der Waals surface area contributed by atoms with Gasteiger partial charge in [0.1, 0.15) is 0 Å². The monoisotopic (exact) mass is 256 g/mol. The molecule has 0 saturated carbocycles. The molecule has 0 aliphatic carbocycles. The number of fused-ring (bicyclic) bond motifs is 2. The summed E-state index contributed by atoms with van der Waals surface area (Å²) in [5, 5.41) is 1.13. The van der Waals surface area contributed by atoms with Gasteiger partial charge in [-0.1, -0.05) is 11.6 Å². The first-order valence-electron chi connectivity index (χ1n) is 6.39. The molecule has 0 saturated heterocycles. The van der Waals surface area contributed by atoms with E-state index in [1.165, 1.54) is 12.7 Å². The van der Waals surface area contributed by atoms with Crippen molar-refractivity contribution in [3.8, 4) is 0 Å². The van der Waals surface area contributed by atoms with E-state index in [0.717, 1.165) is 28.6 Å². The zero-order chi connectivity index (χ0) is 13.4. The number of hydrogen-bond acceptors (Lipinski definition) is 3. The first-order chi connectivity index (χ1) is 9.17. The van der Waals surface area contributed by atoms with Crippen molar-refractivity contribution in [2.45, 2.75) is 19.9 Å². The quantitative estimate of drug-likeness (QED) is 0.727. The fourth-order valence-corrected chi connectivity index (χ4v) is 2.54. The van der Waals surface area contributed by atoms with Gasteiger partial charge in [-0.05, 0) is 30.7 Å². The standard InChI is InChI=1S/C15H16N2O2/c1-10-3-4-13-11(7-10)8-12-9-17(15(18)19-2)6-5-14(12)16-13/h3-4,7-8H,5-6,9H2,1-2H3. The van der Waals surface area contributed by atoms with Gasteiger partial charge in [0.15, 0.2) is 0 Å². The fraction of sp³-hybridized carbons (Fsp3) is 0.333. The molecule has 1 aliphatic rings. The van der Waals surface area contributed by atoms with Crippen LogP contribution in [-0.4, -0.2) is 29.6 Å². The summed E-state index contributed by atoms with van der Waals surface area (Å²) in [7, 11) is 1.42. The van der Waals surface area contributed by atoms with Crippen LogP contribution < -0.4 is 0 Å². The lowest BCUT2D eigenvalue weighted by molar-refractivity contribution is 0.118.